The molecule has 0 unspecified atom stereocenters. The number of nitriles is 1. The summed E-state index contributed by atoms with van der Waals surface area (Å²) < 4.78 is 16.4. The molecule has 1 aliphatic heterocycles. The Morgan fingerprint density at radius 3 is 2.07 bits per heavy atom. The molecule has 6 heteroatoms. The topological polar surface area (TPSA) is 85.6 Å². The first-order valence-electron chi connectivity index (χ1n) is 9.03. The molecular weight excluding hydrogens is 358 g/mol. The van der Waals surface area contributed by atoms with Gasteiger partial charge in [-0.05, 0) is 38.1 Å². The van der Waals surface area contributed by atoms with Crippen LogP contribution in [0, 0.1) is 25.2 Å². The molecule has 0 amide bonds. The summed E-state index contributed by atoms with van der Waals surface area (Å²) in [6.45, 7) is 3.75. The van der Waals surface area contributed by atoms with E-state index in [9.17, 15) is 9.59 Å². The van der Waals surface area contributed by atoms with E-state index >= 15 is 0 Å². The zero-order valence-corrected chi connectivity index (χ0v) is 15.8. The lowest BCUT2D eigenvalue weighted by Gasteiger charge is -2.19. The highest BCUT2D eigenvalue weighted by atomic mass is 16.6. The van der Waals surface area contributed by atoms with E-state index in [1.807, 2.05) is 44.2 Å². The van der Waals surface area contributed by atoms with E-state index in [4.69, 9.17) is 19.5 Å². The van der Waals surface area contributed by atoms with Crippen LogP contribution in [0.25, 0.3) is 0 Å². The average molecular weight is 379 g/mol. The number of hydrogen-bond donors (Lipinski definition) is 0. The van der Waals surface area contributed by atoms with Crippen LogP contribution in [0.1, 0.15) is 38.3 Å². The van der Waals surface area contributed by atoms with Gasteiger partial charge in [-0.1, -0.05) is 35.4 Å². The Bertz CT molecular complexity index is 883. The number of benzene rings is 2. The van der Waals surface area contributed by atoms with Gasteiger partial charge in [-0.25, -0.2) is 9.59 Å². The summed E-state index contributed by atoms with van der Waals surface area (Å²) in [5.41, 5.74) is 2.91. The van der Waals surface area contributed by atoms with Crippen molar-refractivity contribution in [3.63, 3.8) is 0 Å². The zero-order chi connectivity index (χ0) is 20.1. The molecule has 1 fully saturated rings. The Morgan fingerprint density at radius 2 is 1.54 bits per heavy atom. The van der Waals surface area contributed by atoms with Crippen molar-refractivity contribution in [2.75, 3.05) is 6.61 Å². The number of rotatable bonds is 5. The second-order valence-electron chi connectivity index (χ2n) is 6.80. The Hall–Kier alpha value is -3.17. The Balaban J connectivity index is 1.62. The minimum absolute atomic E-state index is 0.100. The molecule has 144 valence electrons. The lowest BCUT2D eigenvalue weighted by atomic mass is 10.1. The first-order valence-corrected chi connectivity index (χ1v) is 9.03. The van der Waals surface area contributed by atoms with Gasteiger partial charge in [0.2, 0.25) is 0 Å². The molecule has 2 aromatic rings. The summed E-state index contributed by atoms with van der Waals surface area (Å²) in [5.74, 6) is -0.991. The van der Waals surface area contributed by atoms with Crippen molar-refractivity contribution in [2.45, 2.75) is 38.6 Å². The van der Waals surface area contributed by atoms with Gasteiger partial charge in [0.15, 0.2) is 0 Å². The van der Waals surface area contributed by atoms with Gasteiger partial charge >= 0.3 is 11.9 Å². The molecule has 28 heavy (non-hydrogen) atoms. The molecule has 1 saturated heterocycles. The van der Waals surface area contributed by atoms with Gasteiger partial charge in [0.1, 0.15) is 24.9 Å². The van der Waals surface area contributed by atoms with Crippen molar-refractivity contribution in [1.29, 1.82) is 5.26 Å². The van der Waals surface area contributed by atoms with E-state index in [1.54, 1.807) is 24.3 Å². The number of hydrogen-bond acceptors (Lipinski definition) is 6. The van der Waals surface area contributed by atoms with Crippen molar-refractivity contribution in [1.82, 2.24) is 0 Å². The highest BCUT2D eigenvalue weighted by Gasteiger charge is 2.39. The first-order chi connectivity index (χ1) is 13.5. The van der Waals surface area contributed by atoms with Gasteiger partial charge in [-0.2, -0.15) is 5.26 Å². The van der Waals surface area contributed by atoms with Crippen molar-refractivity contribution in [3.05, 3.63) is 70.8 Å². The smallest absolute Gasteiger partial charge is 0.338 e. The summed E-state index contributed by atoms with van der Waals surface area (Å²) in [4.78, 5) is 24.6. The molecule has 1 aliphatic rings. The van der Waals surface area contributed by atoms with Gasteiger partial charge < -0.3 is 14.2 Å². The Labute approximate surface area is 163 Å². The quantitative estimate of drug-likeness (QED) is 0.741. The molecule has 6 nitrogen and oxygen atoms in total. The number of aryl methyl sites for hydroxylation is 2. The van der Waals surface area contributed by atoms with Crippen molar-refractivity contribution in [3.8, 4) is 6.07 Å². The molecule has 3 rings (SSSR count). The van der Waals surface area contributed by atoms with Crippen LogP contribution >= 0.6 is 0 Å². The first kappa shape index (κ1) is 19.6. The highest BCUT2D eigenvalue weighted by molar-refractivity contribution is 5.90. The SMILES string of the molecule is Cc1ccc(C(=O)OC[C@H]2O[C@H](C#N)C[C@@H]2OC(=O)c2ccc(C)cc2)cc1. The number of ether oxygens (including phenoxy) is 3. The molecular formula is C22H21NO5. The fourth-order valence-corrected chi connectivity index (χ4v) is 2.90. The van der Waals surface area contributed by atoms with Crippen LogP contribution in [-0.2, 0) is 14.2 Å². The Morgan fingerprint density at radius 1 is 1.00 bits per heavy atom. The third-order valence-electron chi connectivity index (χ3n) is 4.56. The van der Waals surface area contributed by atoms with Gasteiger partial charge in [0, 0.05) is 6.42 Å². The summed E-state index contributed by atoms with van der Waals surface area (Å²) in [6, 6.07) is 16.0. The van der Waals surface area contributed by atoms with E-state index < -0.39 is 30.3 Å². The number of nitrogens with zero attached hydrogens (tertiary/aromatic N) is 1. The van der Waals surface area contributed by atoms with E-state index in [1.165, 1.54) is 0 Å². The lowest BCUT2D eigenvalue weighted by molar-refractivity contribution is -0.0350. The second kappa shape index (κ2) is 8.68. The van der Waals surface area contributed by atoms with Crippen molar-refractivity contribution < 1.29 is 23.8 Å². The van der Waals surface area contributed by atoms with Crippen LogP contribution in [0.5, 0.6) is 0 Å². The van der Waals surface area contributed by atoms with Crippen molar-refractivity contribution in [2.24, 2.45) is 0 Å². The predicted octanol–water partition coefficient (Wildman–Crippen LogP) is 3.37. The van der Waals surface area contributed by atoms with Crippen LogP contribution < -0.4 is 0 Å². The Kier molecular flexibility index (Phi) is 6.07. The minimum atomic E-state index is -0.709. The number of carbonyl (C=O) groups is 2. The fourth-order valence-electron chi connectivity index (χ4n) is 2.90. The van der Waals surface area contributed by atoms with Gasteiger partial charge in [0.25, 0.3) is 0 Å². The van der Waals surface area contributed by atoms with Crippen LogP contribution in [0.2, 0.25) is 0 Å². The third kappa shape index (κ3) is 4.76. The maximum Gasteiger partial charge on any atom is 0.338 e. The van der Waals surface area contributed by atoms with Crippen molar-refractivity contribution >= 4 is 11.9 Å². The maximum atomic E-state index is 12.4. The predicted molar refractivity (Wildman–Crippen MR) is 101 cm³/mol. The molecule has 2 aromatic carbocycles. The molecule has 3 atom stereocenters. The molecule has 0 bridgehead atoms. The van der Waals surface area contributed by atoms with Gasteiger partial charge in [-0.3, -0.25) is 0 Å². The number of esters is 2. The molecule has 1 heterocycles. The lowest BCUT2D eigenvalue weighted by Crippen LogP contribution is -2.32. The van der Waals surface area contributed by atoms with Crippen LogP contribution in [0.4, 0.5) is 0 Å². The molecule has 0 N–H and O–H groups in total. The van der Waals surface area contributed by atoms with Crippen LogP contribution in [0.15, 0.2) is 48.5 Å². The van der Waals surface area contributed by atoms with Crippen LogP contribution in [0.3, 0.4) is 0 Å². The van der Waals surface area contributed by atoms with E-state index in [-0.39, 0.29) is 13.0 Å². The summed E-state index contributed by atoms with van der Waals surface area (Å²) in [5, 5.41) is 9.14. The summed E-state index contributed by atoms with van der Waals surface area (Å²) in [7, 11) is 0. The van der Waals surface area contributed by atoms with E-state index in [0.717, 1.165) is 11.1 Å². The number of carbonyl (C=O) groups excluding carboxylic acids is 2. The fraction of sp³-hybridized carbons (Fsp3) is 0.318. The standard InChI is InChI=1S/C22H21NO5/c1-14-3-7-16(8-4-14)21(24)26-13-20-19(11-18(12-23)27-20)28-22(25)17-9-5-15(2)6-10-17/h3-10,18-20H,11,13H2,1-2H3/t18-,19-,20+/m0/s1. The van der Waals surface area contributed by atoms with Gasteiger partial charge in [0.05, 0.1) is 17.2 Å². The largest absolute Gasteiger partial charge is 0.459 e. The third-order valence-corrected chi connectivity index (χ3v) is 4.56. The van der Waals surface area contributed by atoms with E-state index in [2.05, 4.69) is 0 Å². The highest BCUT2D eigenvalue weighted by Crippen LogP contribution is 2.25. The molecule has 0 aromatic heterocycles. The van der Waals surface area contributed by atoms with Gasteiger partial charge in [-0.15, -0.1) is 0 Å². The molecule has 0 radical (unpaired) electrons. The average Bonchev–Trinajstić information content (AvgIpc) is 3.09. The van der Waals surface area contributed by atoms with E-state index in [0.29, 0.717) is 11.1 Å². The normalized spacial score (nSPS) is 21.0. The monoisotopic (exact) mass is 379 g/mol. The second-order valence-corrected chi connectivity index (χ2v) is 6.80. The molecule has 0 aliphatic carbocycles. The molecule has 0 saturated carbocycles. The summed E-state index contributed by atoms with van der Waals surface area (Å²) >= 11 is 0. The maximum absolute atomic E-state index is 12.4. The van der Waals surface area contributed by atoms with Crippen LogP contribution in [-0.4, -0.2) is 36.9 Å². The zero-order valence-electron chi connectivity index (χ0n) is 15.8. The minimum Gasteiger partial charge on any atom is -0.459 e. The summed E-state index contributed by atoms with van der Waals surface area (Å²) in [6.07, 6.45) is -1.82. The molecule has 0 spiro atoms.